The molecule has 2 aromatic heterocycles. The number of amides is 1. The molecule has 170 valence electrons. The van der Waals surface area contributed by atoms with Crippen LogP contribution in [-0.2, 0) is 11.2 Å². The molecule has 2 heterocycles. The Bertz CT molecular complexity index is 1110. The average molecular weight is 463 g/mol. The van der Waals surface area contributed by atoms with Crippen LogP contribution in [-0.4, -0.2) is 27.7 Å². The SMILES string of the molecule is CC(C)C(c1ccc(=O)[nH]c1)c1nc(CCCOC(N)=O)[nH]c1Sc1cc(F)cc(F)c1. The number of aromatic nitrogens is 3. The van der Waals surface area contributed by atoms with E-state index in [1.165, 1.54) is 30.0 Å². The van der Waals surface area contributed by atoms with E-state index in [4.69, 9.17) is 15.5 Å². The summed E-state index contributed by atoms with van der Waals surface area (Å²) in [7, 11) is 0. The summed E-state index contributed by atoms with van der Waals surface area (Å²) in [5, 5.41) is 0.644. The van der Waals surface area contributed by atoms with Gasteiger partial charge in [-0.3, -0.25) is 4.79 Å². The first-order chi connectivity index (χ1) is 15.2. The van der Waals surface area contributed by atoms with Gasteiger partial charge in [-0.25, -0.2) is 18.6 Å². The Morgan fingerprint density at radius 1 is 1.22 bits per heavy atom. The summed E-state index contributed by atoms with van der Waals surface area (Å²) < 4.78 is 32.2. The maximum Gasteiger partial charge on any atom is 0.404 e. The maximum atomic E-state index is 13.7. The van der Waals surface area contributed by atoms with Crippen molar-refractivity contribution in [3.63, 3.8) is 0 Å². The number of benzene rings is 1. The number of carbonyl (C=O) groups is 1. The normalized spacial score (nSPS) is 12.2. The van der Waals surface area contributed by atoms with E-state index in [-0.39, 0.29) is 24.0 Å². The third kappa shape index (κ3) is 6.19. The Morgan fingerprint density at radius 3 is 2.53 bits per heavy atom. The molecule has 3 aromatic rings. The molecule has 0 aliphatic rings. The smallest absolute Gasteiger partial charge is 0.404 e. The van der Waals surface area contributed by atoms with Gasteiger partial charge >= 0.3 is 6.09 Å². The zero-order valence-corrected chi connectivity index (χ0v) is 18.5. The fourth-order valence-corrected chi connectivity index (χ4v) is 4.44. The molecule has 1 unspecified atom stereocenters. The molecular formula is C22H24F2N4O3S. The van der Waals surface area contributed by atoms with Crippen LogP contribution in [0.4, 0.5) is 13.6 Å². The van der Waals surface area contributed by atoms with Gasteiger partial charge in [0, 0.05) is 35.6 Å². The van der Waals surface area contributed by atoms with Crippen molar-refractivity contribution in [2.24, 2.45) is 11.7 Å². The highest BCUT2D eigenvalue weighted by Gasteiger charge is 2.26. The maximum absolute atomic E-state index is 13.7. The number of hydrogen-bond acceptors (Lipinski definition) is 5. The number of nitrogens with two attached hydrogens (primary N) is 1. The number of aromatic amines is 2. The molecule has 1 amide bonds. The summed E-state index contributed by atoms with van der Waals surface area (Å²) in [5.74, 6) is -0.766. The molecule has 0 saturated carbocycles. The number of carbonyl (C=O) groups excluding carboxylic acids is 1. The summed E-state index contributed by atoms with van der Waals surface area (Å²) in [6.07, 6.45) is 1.79. The minimum Gasteiger partial charge on any atom is -0.450 e. The molecule has 32 heavy (non-hydrogen) atoms. The molecule has 0 aliphatic carbocycles. The van der Waals surface area contributed by atoms with E-state index in [9.17, 15) is 18.4 Å². The molecule has 0 aliphatic heterocycles. The third-order valence-electron chi connectivity index (χ3n) is 4.73. The number of rotatable bonds is 9. The Balaban J connectivity index is 1.97. The summed E-state index contributed by atoms with van der Waals surface area (Å²) in [4.78, 5) is 33.4. The van der Waals surface area contributed by atoms with Crippen LogP contribution in [0.15, 0.2) is 51.2 Å². The van der Waals surface area contributed by atoms with Gasteiger partial charge in [0.25, 0.3) is 0 Å². The highest BCUT2D eigenvalue weighted by Crippen LogP contribution is 2.39. The lowest BCUT2D eigenvalue weighted by Crippen LogP contribution is -2.14. The lowest BCUT2D eigenvalue weighted by Gasteiger charge is -2.20. The highest BCUT2D eigenvalue weighted by molar-refractivity contribution is 7.99. The lowest BCUT2D eigenvalue weighted by atomic mass is 9.87. The van der Waals surface area contributed by atoms with Crippen LogP contribution in [0.2, 0.25) is 0 Å². The molecule has 0 bridgehead atoms. The molecule has 0 spiro atoms. The number of nitrogens with one attached hydrogen (secondary N) is 2. The number of pyridine rings is 1. The summed E-state index contributed by atoms with van der Waals surface area (Å²) in [5.41, 5.74) is 6.34. The van der Waals surface area contributed by atoms with E-state index in [2.05, 4.69) is 9.97 Å². The Hall–Kier alpha value is -3.14. The van der Waals surface area contributed by atoms with Crippen LogP contribution < -0.4 is 11.3 Å². The number of H-pyrrole nitrogens is 2. The van der Waals surface area contributed by atoms with E-state index in [1.807, 2.05) is 13.8 Å². The molecule has 3 rings (SSSR count). The van der Waals surface area contributed by atoms with Crippen molar-refractivity contribution < 1.29 is 18.3 Å². The molecule has 0 saturated heterocycles. The van der Waals surface area contributed by atoms with E-state index >= 15 is 0 Å². The Kier molecular flexibility index (Phi) is 7.68. The standard InChI is InChI=1S/C22H24F2N4O3S/c1-12(2)19(13-5-6-18(29)26-11-13)20-21(32-16-9-14(23)8-15(24)10-16)28-17(27-20)4-3-7-31-22(25)30/h5-6,8-12,19H,3-4,7H2,1-2H3,(H2,25,30)(H,26,29)(H,27,28). The number of imidazole rings is 1. The van der Waals surface area contributed by atoms with E-state index in [1.54, 1.807) is 12.3 Å². The zero-order valence-electron chi connectivity index (χ0n) is 17.7. The van der Waals surface area contributed by atoms with Crippen LogP contribution in [0, 0.1) is 17.6 Å². The van der Waals surface area contributed by atoms with Gasteiger partial charge in [-0.1, -0.05) is 31.7 Å². The number of primary amides is 1. The first-order valence-electron chi connectivity index (χ1n) is 10.1. The number of hydrogen-bond donors (Lipinski definition) is 3. The van der Waals surface area contributed by atoms with E-state index < -0.39 is 17.7 Å². The lowest BCUT2D eigenvalue weighted by molar-refractivity contribution is 0.155. The summed E-state index contributed by atoms with van der Waals surface area (Å²) in [6.45, 7) is 4.21. The van der Waals surface area contributed by atoms with Gasteiger partial charge < -0.3 is 20.4 Å². The van der Waals surface area contributed by atoms with Crippen molar-refractivity contribution in [3.8, 4) is 0 Å². The molecule has 0 radical (unpaired) electrons. The second-order valence-electron chi connectivity index (χ2n) is 7.58. The first-order valence-corrected chi connectivity index (χ1v) is 10.9. The number of aryl methyl sites for hydroxylation is 1. The second kappa shape index (κ2) is 10.4. The number of nitrogens with zero attached hydrogens (tertiary/aromatic N) is 1. The molecule has 4 N–H and O–H groups in total. The van der Waals surface area contributed by atoms with Gasteiger partial charge in [-0.2, -0.15) is 0 Å². The molecule has 1 aromatic carbocycles. The molecule has 7 nitrogen and oxygen atoms in total. The van der Waals surface area contributed by atoms with Crippen molar-refractivity contribution >= 4 is 17.9 Å². The van der Waals surface area contributed by atoms with Crippen LogP contribution >= 0.6 is 11.8 Å². The van der Waals surface area contributed by atoms with Crippen molar-refractivity contribution in [2.45, 2.75) is 42.5 Å². The van der Waals surface area contributed by atoms with Gasteiger partial charge in [0.05, 0.1) is 12.3 Å². The van der Waals surface area contributed by atoms with Crippen molar-refractivity contribution in [1.82, 2.24) is 15.0 Å². The second-order valence-corrected chi connectivity index (χ2v) is 8.67. The van der Waals surface area contributed by atoms with Gasteiger partial charge in [-0.15, -0.1) is 0 Å². The van der Waals surface area contributed by atoms with Crippen LogP contribution in [0.5, 0.6) is 0 Å². The summed E-state index contributed by atoms with van der Waals surface area (Å²) in [6, 6.07) is 6.52. The zero-order chi connectivity index (χ0) is 23.3. The Morgan fingerprint density at radius 2 is 1.94 bits per heavy atom. The summed E-state index contributed by atoms with van der Waals surface area (Å²) >= 11 is 1.18. The minimum absolute atomic E-state index is 0.110. The van der Waals surface area contributed by atoms with Crippen LogP contribution in [0.3, 0.4) is 0 Å². The monoisotopic (exact) mass is 462 g/mol. The minimum atomic E-state index is -0.840. The van der Waals surface area contributed by atoms with Gasteiger partial charge in [0.1, 0.15) is 22.5 Å². The largest absolute Gasteiger partial charge is 0.450 e. The van der Waals surface area contributed by atoms with Crippen molar-refractivity contribution in [3.05, 3.63) is 75.6 Å². The highest BCUT2D eigenvalue weighted by atomic mass is 32.2. The van der Waals surface area contributed by atoms with Crippen molar-refractivity contribution in [2.75, 3.05) is 6.61 Å². The molecular weight excluding hydrogens is 438 g/mol. The van der Waals surface area contributed by atoms with E-state index in [0.29, 0.717) is 34.3 Å². The molecule has 1 atom stereocenters. The van der Waals surface area contributed by atoms with Crippen LogP contribution in [0.1, 0.15) is 43.3 Å². The fraction of sp³-hybridized carbons (Fsp3) is 0.318. The van der Waals surface area contributed by atoms with Gasteiger partial charge in [0.2, 0.25) is 5.56 Å². The third-order valence-corrected chi connectivity index (χ3v) is 5.72. The van der Waals surface area contributed by atoms with Gasteiger partial charge in [-0.05, 0) is 30.0 Å². The van der Waals surface area contributed by atoms with Crippen molar-refractivity contribution in [1.29, 1.82) is 0 Å². The number of ether oxygens (including phenoxy) is 1. The van der Waals surface area contributed by atoms with Gasteiger partial charge in [0.15, 0.2) is 0 Å². The topological polar surface area (TPSA) is 114 Å². The van der Waals surface area contributed by atoms with E-state index in [0.717, 1.165) is 11.6 Å². The quantitative estimate of drug-likeness (QED) is 0.409. The molecule has 10 heteroatoms. The fourth-order valence-electron chi connectivity index (χ4n) is 3.42. The average Bonchev–Trinajstić information content (AvgIpc) is 3.08. The predicted molar refractivity (Wildman–Crippen MR) is 117 cm³/mol. The predicted octanol–water partition coefficient (Wildman–Crippen LogP) is 4.34. The first kappa shape index (κ1) is 23.5. The van der Waals surface area contributed by atoms with Crippen LogP contribution in [0.25, 0.3) is 0 Å². The Labute approximate surface area is 187 Å². The molecule has 0 fully saturated rings. The number of halogens is 2.